The largest absolute Gasteiger partial charge is 0.352 e. The summed E-state index contributed by atoms with van der Waals surface area (Å²) in [7, 11) is 0. The maximum Gasteiger partial charge on any atom is 0.170 e. The molecule has 1 aliphatic rings. The standard InChI is InChI=1S/C23H22N2S/c26-23(25-16-15-18-9-7-8-14-21(18)17-25)24-22(19-10-3-1-4-11-19)20-12-5-2-6-13-20/h1-14,22H,15-17H2,(H,24,26). The Labute approximate surface area is 160 Å². The second-order valence-corrected chi connectivity index (χ2v) is 7.03. The fraction of sp³-hybridized carbons (Fsp3) is 0.174. The number of rotatable bonds is 3. The zero-order valence-electron chi connectivity index (χ0n) is 14.6. The van der Waals surface area contributed by atoms with Crippen LogP contribution in [-0.4, -0.2) is 16.6 Å². The maximum absolute atomic E-state index is 5.79. The molecule has 0 spiro atoms. The molecule has 0 fully saturated rings. The van der Waals surface area contributed by atoms with Crippen molar-refractivity contribution in [2.45, 2.75) is 19.0 Å². The van der Waals surface area contributed by atoms with Crippen LogP contribution in [0.3, 0.4) is 0 Å². The van der Waals surface area contributed by atoms with Crippen LogP contribution >= 0.6 is 12.2 Å². The van der Waals surface area contributed by atoms with Gasteiger partial charge >= 0.3 is 0 Å². The van der Waals surface area contributed by atoms with E-state index in [0.717, 1.165) is 24.6 Å². The molecular weight excluding hydrogens is 336 g/mol. The van der Waals surface area contributed by atoms with Crippen LogP contribution in [0.15, 0.2) is 84.9 Å². The average molecular weight is 359 g/mol. The Morgan fingerprint density at radius 3 is 1.92 bits per heavy atom. The number of nitrogens with one attached hydrogen (secondary N) is 1. The number of fused-ring (bicyclic) bond motifs is 1. The van der Waals surface area contributed by atoms with Gasteiger partial charge in [0.15, 0.2) is 5.11 Å². The Morgan fingerprint density at radius 1 is 0.769 bits per heavy atom. The van der Waals surface area contributed by atoms with Crippen LogP contribution in [0.4, 0.5) is 0 Å². The van der Waals surface area contributed by atoms with Crippen LogP contribution < -0.4 is 5.32 Å². The Kier molecular flexibility index (Phi) is 4.98. The van der Waals surface area contributed by atoms with E-state index in [1.54, 1.807) is 0 Å². The second-order valence-electron chi connectivity index (χ2n) is 6.64. The van der Waals surface area contributed by atoms with E-state index in [9.17, 15) is 0 Å². The Morgan fingerprint density at radius 2 is 1.31 bits per heavy atom. The Hall–Kier alpha value is -2.65. The van der Waals surface area contributed by atoms with Crippen molar-refractivity contribution in [1.82, 2.24) is 10.2 Å². The number of hydrogen-bond acceptors (Lipinski definition) is 1. The van der Waals surface area contributed by atoms with Crippen molar-refractivity contribution in [3.8, 4) is 0 Å². The van der Waals surface area contributed by atoms with Crippen LogP contribution in [0.2, 0.25) is 0 Å². The van der Waals surface area contributed by atoms with Crippen LogP contribution in [0.1, 0.15) is 28.3 Å². The lowest BCUT2D eigenvalue weighted by atomic mass is 9.98. The number of benzene rings is 3. The third-order valence-electron chi connectivity index (χ3n) is 4.95. The van der Waals surface area contributed by atoms with E-state index >= 15 is 0 Å². The fourth-order valence-corrected chi connectivity index (χ4v) is 3.81. The van der Waals surface area contributed by atoms with Crippen molar-refractivity contribution < 1.29 is 0 Å². The zero-order valence-corrected chi connectivity index (χ0v) is 15.5. The topological polar surface area (TPSA) is 15.3 Å². The van der Waals surface area contributed by atoms with Gasteiger partial charge in [0.25, 0.3) is 0 Å². The second kappa shape index (κ2) is 7.71. The van der Waals surface area contributed by atoms with Gasteiger partial charge in [-0.15, -0.1) is 0 Å². The predicted octanol–water partition coefficient (Wildman–Crippen LogP) is 4.71. The molecule has 1 aliphatic heterocycles. The van der Waals surface area contributed by atoms with Crippen molar-refractivity contribution in [1.29, 1.82) is 0 Å². The summed E-state index contributed by atoms with van der Waals surface area (Å²) in [6, 6.07) is 29.7. The molecule has 4 rings (SSSR count). The first kappa shape index (κ1) is 16.8. The molecule has 0 bridgehead atoms. The number of thiocarbonyl (C=S) groups is 1. The highest BCUT2D eigenvalue weighted by atomic mass is 32.1. The molecule has 2 nitrogen and oxygen atoms in total. The number of hydrogen-bond donors (Lipinski definition) is 1. The van der Waals surface area contributed by atoms with E-state index in [0.29, 0.717) is 0 Å². The van der Waals surface area contributed by atoms with Crippen molar-refractivity contribution >= 4 is 17.3 Å². The normalized spacial score (nSPS) is 13.3. The van der Waals surface area contributed by atoms with Gasteiger partial charge in [0.1, 0.15) is 0 Å². The monoisotopic (exact) mass is 358 g/mol. The van der Waals surface area contributed by atoms with Gasteiger partial charge in [-0.05, 0) is 40.9 Å². The van der Waals surface area contributed by atoms with Crippen molar-refractivity contribution in [3.63, 3.8) is 0 Å². The highest BCUT2D eigenvalue weighted by Gasteiger charge is 2.21. The Bertz CT molecular complexity index is 837. The molecule has 0 radical (unpaired) electrons. The van der Waals surface area contributed by atoms with Gasteiger partial charge in [0, 0.05) is 13.1 Å². The summed E-state index contributed by atoms with van der Waals surface area (Å²) in [5.74, 6) is 0. The minimum absolute atomic E-state index is 0.0575. The first-order valence-corrected chi connectivity index (χ1v) is 9.44. The summed E-state index contributed by atoms with van der Waals surface area (Å²) >= 11 is 5.79. The summed E-state index contributed by atoms with van der Waals surface area (Å²) in [6.45, 7) is 1.83. The van der Waals surface area contributed by atoms with E-state index < -0.39 is 0 Å². The molecule has 0 unspecified atom stereocenters. The molecule has 26 heavy (non-hydrogen) atoms. The molecule has 0 aliphatic carbocycles. The molecule has 3 aromatic rings. The SMILES string of the molecule is S=C(NC(c1ccccc1)c1ccccc1)N1CCc2ccccc2C1. The summed E-state index contributed by atoms with van der Waals surface area (Å²) in [5, 5.41) is 4.42. The third-order valence-corrected chi connectivity index (χ3v) is 5.33. The highest BCUT2D eigenvalue weighted by molar-refractivity contribution is 7.80. The van der Waals surface area contributed by atoms with Gasteiger partial charge in [-0.25, -0.2) is 0 Å². The first-order valence-electron chi connectivity index (χ1n) is 9.03. The molecule has 1 N–H and O–H groups in total. The van der Waals surface area contributed by atoms with Crippen LogP contribution in [0, 0.1) is 0 Å². The minimum Gasteiger partial charge on any atom is -0.352 e. The molecular formula is C23H22N2S. The molecule has 1 heterocycles. The van der Waals surface area contributed by atoms with Crippen LogP contribution in [0.25, 0.3) is 0 Å². The lowest BCUT2D eigenvalue weighted by molar-refractivity contribution is 0.384. The van der Waals surface area contributed by atoms with Crippen molar-refractivity contribution in [3.05, 3.63) is 107 Å². The van der Waals surface area contributed by atoms with Gasteiger partial charge < -0.3 is 10.2 Å². The molecule has 0 aromatic heterocycles. The van der Waals surface area contributed by atoms with E-state index in [4.69, 9.17) is 12.2 Å². The molecule has 130 valence electrons. The molecule has 0 atom stereocenters. The first-order chi connectivity index (χ1) is 12.8. The highest BCUT2D eigenvalue weighted by Crippen LogP contribution is 2.24. The predicted molar refractivity (Wildman–Crippen MR) is 111 cm³/mol. The lowest BCUT2D eigenvalue weighted by Gasteiger charge is -2.33. The van der Waals surface area contributed by atoms with Gasteiger partial charge in [-0.1, -0.05) is 84.9 Å². The van der Waals surface area contributed by atoms with Crippen LogP contribution in [-0.2, 0) is 13.0 Å². The molecule has 3 aromatic carbocycles. The lowest BCUT2D eigenvalue weighted by Crippen LogP contribution is -2.44. The molecule has 0 saturated heterocycles. The van der Waals surface area contributed by atoms with E-state index in [1.165, 1.54) is 22.3 Å². The summed E-state index contributed by atoms with van der Waals surface area (Å²) < 4.78 is 0. The third kappa shape index (κ3) is 3.63. The van der Waals surface area contributed by atoms with E-state index in [-0.39, 0.29) is 6.04 Å². The van der Waals surface area contributed by atoms with Crippen LogP contribution in [0.5, 0.6) is 0 Å². The zero-order chi connectivity index (χ0) is 17.8. The molecule has 3 heteroatoms. The van der Waals surface area contributed by atoms with E-state index in [2.05, 4.69) is 83.0 Å². The Balaban J connectivity index is 1.56. The maximum atomic E-state index is 5.79. The van der Waals surface area contributed by atoms with E-state index in [1.807, 2.05) is 12.1 Å². The molecule has 0 saturated carbocycles. The average Bonchev–Trinajstić information content (AvgIpc) is 2.72. The van der Waals surface area contributed by atoms with Gasteiger partial charge in [0.05, 0.1) is 6.04 Å². The van der Waals surface area contributed by atoms with Gasteiger partial charge in [-0.3, -0.25) is 0 Å². The van der Waals surface area contributed by atoms with Gasteiger partial charge in [-0.2, -0.15) is 0 Å². The fourth-order valence-electron chi connectivity index (χ4n) is 3.53. The summed E-state index contributed by atoms with van der Waals surface area (Å²) in [5.41, 5.74) is 5.25. The molecule has 0 amide bonds. The smallest absolute Gasteiger partial charge is 0.170 e. The van der Waals surface area contributed by atoms with Crippen molar-refractivity contribution in [2.24, 2.45) is 0 Å². The quantitative estimate of drug-likeness (QED) is 0.683. The summed E-state index contributed by atoms with van der Waals surface area (Å²) in [6.07, 6.45) is 1.04. The van der Waals surface area contributed by atoms with Crippen molar-refractivity contribution in [2.75, 3.05) is 6.54 Å². The number of nitrogens with zero attached hydrogens (tertiary/aromatic N) is 1. The van der Waals surface area contributed by atoms with Gasteiger partial charge in [0.2, 0.25) is 0 Å². The summed E-state index contributed by atoms with van der Waals surface area (Å²) in [4.78, 5) is 2.27. The minimum atomic E-state index is 0.0575.